The van der Waals surface area contributed by atoms with Crippen molar-refractivity contribution in [3.63, 3.8) is 0 Å². The van der Waals surface area contributed by atoms with Crippen molar-refractivity contribution in [2.75, 3.05) is 36.6 Å². The number of nitrogens with one attached hydrogen (secondary N) is 3. The summed E-state index contributed by atoms with van der Waals surface area (Å²) in [7, 11) is -3.05. The average molecular weight is 780 g/mol. The molecular weight excluding hydrogens is 731 g/mol. The van der Waals surface area contributed by atoms with E-state index in [-0.39, 0.29) is 48.4 Å². The van der Waals surface area contributed by atoms with Crippen molar-refractivity contribution >= 4 is 56.2 Å². The number of hydrogen-bond donors (Lipinski definition) is 4. The Morgan fingerprint density at radius 3 is 2.23 bits per heavy atom. The summed E-state index contributed by atoms with van der Waals surface area (Å²) in [6, 6.07) is 22.5. The second-order valence-electron chi connectivity index (χ2n) is 15.3. The van der Waals surface area contributed by atoms with E-state index in [0.29, 0.717) is 42.7 Å². The first kappa shape index (κ1) is 39.0. The number of benzene rings is 3. The highest BCUT2D eigenvalue weighted by Gasteiger charge is 2.43. The van der Waals surface area contributed by atoms with Crippen LogP contribution in [0.5, 0.6) is 0 Å². The number of anilines is 1. The van der Waals surface area contributed by atoms with Crippen molar-refractivity contribution in [1.82, 2.24) is 20.1 Å². The number of rotatable bonds is 12. The summed E-state index contributed by atoms with van der Waals surface area (Å²) in [6.45, 7) is 0.981. The zero-order chi connectivity index (χ0) is 39.3. The summed E-state index contributed by atoms with van der Waals surface area (Å²) in [5.41, 5.74) is 4.36. The van der Waals surface area contributed by atoms with Crippen molar-refractivity contribution in [3.8, 4) is 11.3 Å². The topological polar surface area (TPSA) is 167 Å². The van der Waals surface area contributed by atoms with Crippen LogP contribution in [-0.4, -0.2) is 83.5 Å². The summed E-state index contributed by atoms with van der Waals surface area (Å²) in [5, 5.41) is 19.0. The summed E-state index contributed by atoms with van der Waals surface area (Å²) in [4.78, 5) is 54.7. The van der Waals surface area contributed by atoms with Gasteiger partial charge in [0.05, 0.1) is 29.4 Å². The molecule has 13 heteroatoms. The van der Waals surface area contributed by atoms with Gasteiger partial charge in [-0.05, 0) is 78.6 Å². The monoisotopic (exact) mass is 779 g/mol. The largest absolute Gasteiger partial charge is 0.478 e. The third-order valence-electron chi connectivity index (χ3n) is 11.5. The van der Waals surface area contributed by atoms with Crippen LogP contribution in [0, 0.1) is 0 Å². The maximum Gasteiger partial charge on any atom is 0.328 e. The summed E-state index contributed by atoms with van der Waals surface area (Å²) >= 11 is 0. The summed E-state index contributed by atoms with van der Waals surface area (Å²) in [5.74, 6) is -1.53. The van der Waals surface area contributed by atoms with E-state index in [0.717, 1.165) is 66.8 Å². The minimum atomic E-state index is -3.05. The minimum absolute atomic E-state index is 0.00188. The van der Waals surface area contributed by atoms with Gasteiger partial charge < -0.3 is 25.6 Å². The number of sulfone groups is 1. The first-order chi connectivity index (χ1) is 27.0. The quantitative estimate of drug-likeness (QED) is 0.128. The van der Waals surface area contributed by atoms with Crippen molar-refractivity contribution in [1.29, 1.82) is 0 Å². The van der Waals surface area contributed by atoms with Gasteiger partial charge in [0, 0.05) is 35.8 Å². The number of hydrogen-bond acceptors (Lipinski definition) is 7. The fraction of sp³-hybridized carbons (Fsp3) is 0.395. The molecule has 1 aliphatic heterocycles. The fourth-order valence-corrected chi connectivity index (χ4v) is 9.75. The first-order valence-electron chi connectivity index (χ1n) is 19.6. The van der Waals surface area contributed by atoms with E-state index in [2.05, 4.69) is 28.1 Å². The smallest absolute Gasteiger partial charge is 0.328 e. The Morgan fingerprint density at radius 2 is 1.55 bits per heavy atom. The molecule has 7 rings (SSSR count). The molecule has 4 N–H and O–H groups in total. The molecule has 2 heterocycles. The summed E-state index contributed by atoms with van der Waals surface area (Å²) in [6.07, 6.45) is 10.5. The standard InChI is InChI=1S/C43H49N5O7S/c49-37(44-29-47-23-25-56(54,55)26-24-47)28-48-36-27-33(16-19-35(36)39(31-9-3-1-4-10-31)40(48)32-11-5-2-6-12-32)41(52)46-43(21-7-8-22-43)42(53)45-34-17-13-30(14-18-34)15-20-38(50)51/h2,5-6,11-20,27,31H,1,3-4,7-10,21-26,28-29H2,(H,44,49)(H,45,53)(H,46,52)(H,50,51)/b20-15+. The zero-order valence-electron chi connectivity index (χ0n) is 31.5. The molecule has 0 unspecified atom stereocenters. The van der Waals surface area contributed by atoms with Gasteiger partial charge in [-0.15, -0.1) is 0 Å². The molecule has 2 aliphatic carbocycles. The van der Waals surface area contributed by atoms with Gasteiger partial charge in [-0.3, -0.25) is 19.3 Å². The van der Waals surface area contributed by atoms with Crippen molar-refractivity contribution in [3.05, 3.63) is 95.6 Å². The average Bonchev–Trinajstić information content (AvgIpc) is 3.81. The van der Waals surface area contributed by atoms with Crippen LogP contribution in [0.2, 0.25) is 0 Å². The highest BCUT2D eigenvalue weighted by Crippen LogP contribution is 2.44. The predicted molar refractivity (Wildman–Crippen MR) is 217 cm³/mol. The Hall–Kier alpha value is -5.27. The molecule has 294 valence electrons. The van der Waals surface area contributed by atoms with Gasteiger partial charge in [-0.1, -0.05) is 80.6 Å². The lowest BCUT2D eigenvalue weighted by Gasteiger charge is -2.29. The van der Waals surface area contributed by atoms with E-state index in [9.17, 15) is 27.6 Å². The lowest BCUT2D eigenvalue weighted by Crippen LogP contribution is -2.55. The Kier molecular flexibility index (Phi) is 11.7. The van der Waals surface area contributed by atoms with Crippen LogP contribution in [0.25, 0.3) is 28.2 Å². The number of nitrogens with zero attached hydrogens (tertiary/aromatic N) is 2. The van der Waals surface area contributed by atoms with Gasteiger partial charge in [0.2, 0.25) is 11.8 Å². The lowest BCUT2D eigenvalue weighted by atomic mass is 9.81. The Balaban J connectivity index is 1.19. The van der Waals surface area contributed by atoms with E-state index in [1.54, 1.807) is 24.3 Å². The molecule has 1 saturated heterocycles. The predicted octanol–water partition coefficient (Wildman–Crippen LogP) is 5.94. The van der Waals surface area contributed by atoms with E-state index in [4.69, 9.17) is 5.11 Å². The van der Waals surface area contributed by atoms with Crippen LogP contribution in [0.1, 0.15) is 85.2 Å². The SMILES string of the molecule is O=C(O)/C=C/c1ccc(NC(=O)C2(NC(=O)c3ccc4c(C5CCCCC5)c(-c5ccccc5)n(CC(=O)NCN5CCS(=O)(=O)CC5)c4c3)CCCC2)cc1. The summed E-state index contributed by atoms with van der Waals surface area (Å²) < 4.78 is 26.0. The number of amides is 3. The molecule has 3 aliphatic rings. The lowest BCUT2D eigenvalue weighted by molar-refractivity contribution is -0.131. The maximum atomic E-state index is 14.2. The molecule has 4 aromatic rings. The molecule has 0 atom stereocenters. The normalized spacial score (nSPS) is 18.5. The molecule has 0 bridgehead atoms. The second-order valence-corrected chi connectivity index (χ2v) is 17.6. The number of carbonyl (C=O) groups excluding carboxylic acids is 3. The van der Waals surface area contributed by atoms with Crippen LogP contribution >= 0.6 is 0 Å². The maximum absolute atomic E-state index is 14.2. The minimum Gasteiger partial charge on any atom is -0.478 e. The van der Waals surface area contributed by atoms with Crippen LogP contribution in [0.3, 0.4) is 0 Å². The molecule has 0 spiro atoms. The second kappa shape index (κ2) is 16.8. The molecule has 2 saturated carbocycles. The molecule has 3 fully saturated rings. The van der Waals surface area contributed by atoms with Crippen LogP contribution in [0.15, 0.2) is 78.9 Å². The van der Waals surface area contributed by atoms with Crippen molar-refractivity contribution < 1.29 is 32.7 Å². The molecule has 12 nitrogen and oxygen atoms in total. The molecule has 3 aromatic carbocycles. The highest BCUT2D eigenvalue weighted by atomic mass is 32.2. The van der Waals surface area contributed by atoms with Crippen LogP contribution in [-0.2, 0) is 30.8 Å². The Labute approximate surface area is 327 Å². The van der Waals surface area contributed by atoms with Crippen molar-refractivity contribution in [2.45, 2.75) is 75.8 Å². The number of carboxylic acids is 1. The van der Waals surface area contributed by atoms with E-state index in [1.807, 2.05) is 45.9 Å². The van der Waals surface area contributed by atoms with Gasteiger partial charge in [0.1, 0.15) is 12.1 Å². The molecule has 3 amide bonds. The van der Waals surface area contributed by atoms with Gasteiger partial charge >= 0.3 is 5.97 Å². The number of aliphatic carboxylic acids is 1. The Bertz CT molecular complexity index is 2220. The zero-order valence-corrected chi connectivity index (χ0v) is 32.3. The van der Waals surface area contributed by atoms with Gasteiger partial charge in [-0.2, -0.15) is 0 Å². The van der Waals surface area contributed by atoms with Gasteiger partial charge in [0.15, 0.2) is 9.84 Å². The van der Waals surface area contributed by atoms with Gasteiger partial charge in [0.25, 0.3) is 5.91 Å². The van der Waals surface area contributed by atoms with E-state index >= 15 is 0 Å². The number of aromatic nitrogens is 1. The van der Waals surface area contributed by atoms with Crippen molar-refractivity contribution in [2.24, 2.45) is 0 Å². The highest BCUT2D eigenvalue weighted by molar-refractivity contribution is 7.91. The molecule has 1 aromatic heterocycles. The van der Waals surface area contributed by atoms with Crippen LogP contribution < -0.4 is 16.0 Å². The number of carbonyl (C=O) groups is 4. The molecular formula is C43H49N5O7S. The van der Waals surface area contributed by atoms with E-state index < -0.39 is 21.3 Å². The fourth-order valence-electron chi connectivity index (χ4n) is 8.47. The molecule has 0 radical (unpaired) electrons. The first-order valence-corrected chi connectivity index (χ1v) is 21.4. The third kappa shape index (κ3) is 8.89. The number of fused-ring (bicyclic) bond motifs is 1. The third-order valence-corrected chi connectivity index (χ3v) is 13.1. The van der Waals surface area contributed by atoms with E-state index in [1.165, 1.54) is 18.1 Å². The molecule has 56 heavy (non-hydrogen) atoms. The number of carboxylic acid groups (broad SMARTS) is 1. The Morgan fingerprint density at radius 1 is 0.857 bits per heavy atom. The van der Waals surface area contributed by atoms with Gasteiger partial charge in [-0.25, -0.2) is 13.2 Å². The van der Waals surface area contributed by atoms with Crippen LogP contribution in [0.4, 0.5) is 5.69 Å².